The lowest BCUT2D eigenvalue weighted by Gasteiger charge is -2.34. The number of fused-ring (bicyclic) bond motifs is 8. The topological polar surface area (TPSA) is 8.17 Å². The second-order valence-electron chi connectivity index (χ2n) is 17.4. The zero-order valence-corrected chi connectivity index (χ0v) is 35.9. The van der Waals surface area contributed by atoms with Gasteiger partial charge in [-0.1, -0.05) is 170 Å². The van der Waals surface area contributed by atoms with Crippen LogP contribution in [0.1, 0.15) is 22.3 Å². The molecule has 11 aromatic carbocycles. The molecule has 0 saturated heterocycles. The summed E-state index contributed by atoms with van der Waals surface area (Å²) in [4.78, 5) is 2.22. The third-order valence-electron chi connectivity index (χ3n) is 13.9. The van der Waals surface area contributed by atoms with E-state index in [0.29, 0.717) is 0 Å². The fourth-order valence-electron chi connectivity index (χ4n) is 11.0. The molecule has 1 aliphatic carbocycles. The molecule has 0 radical (unpaired) electrons. The molecule has 3 heteroatoms. The van der Waals surface area contributed by atoms with Crippen LogP contribution in [0.3, 0.4) is 0 Å². The van der Waals surface area contributed by atoms with Gasteiger partial charge in [0.25, 0.3) is 0 Å². The minimum atomic E-state index is -0.484. The van der Waals surface area contributed by atoms with Gasteiger partial charge in [-0.25, -0.2) is 4.39 Å². The molecular weight excluding hydrogens is 804 g/mol. The molecule has 1 heterocycles. The Morgan fingerprint density at radius 2 is 0.970 bits per heavy atom. The van der Waals surface area contributed by atoms with Crippen molar-refractivity contribution in [2.24, 2.45) is 0 Å². The van der Waals surface area contributed by atoms with Crippen molar-refractivity contribution in [3.63, 3.8) is 0 Å². The Labute approximate surface area is 382 Å². The maximum absolute atomic E-state index is 14.2. The maximum Gasteiger partial charge on any atom is 0.123 e. The summed E-state index contributed by atoms with van der Waals surface area (Å²) in [7, 11) is 0. The Kier molecular flexibility index (Phi) is 8.66. The largest absolute Gasteiger partial charge is 0.310 e. The molecule has 1 aliphatic rings. The van der Waals surface area contributed by atoms with E-state index in [1.165, 1.54) is 67.3 Å². The zero-order chi connectivity index (χ0) is 43.8. The zero-order valence-electron chi connectivity index (χ0n) is 35.9. The Bertz CT molecular complexity index is 3790. The minimum Gasteiger partial charge on any atom is -0.310 e. The van der Waals surface area contributed by atoms with Gasteiger partial charge in [0.15, 0.2) is 0 Å². The number of benzene rings is 11. The highest BCUT2D eigenvalue weighted by molar-refractivity contribution is 6.11. The summed E-state index contributed by atoms with van der Waals surface area (Å²) in [5.41, 5.74) is 15.9. The van der Waals surface area contributed by atoms with Crippen LogP contribution in [0.4, 0.5) is 21.5 Å². The highest BCUT2D eigenvalue weighted by Crippen LogP contribution is 2.56. The number of para-hydroxylation sites is 1. The van der Waals surface area contributed by atoms with Crippen LogP contribution in [-0.4, -0.2) is 4.57 Å². The number of halogens is 1. The smallest absolute Gasteiger partial charge is 0.123 e. The van der Waals surface area contributed by atoms with E-state index in [2.05, 4.69) is 234 Å². The first-order valence-electron chi connectivity index (χ1n) is 22.6. The summed E-state index contributed by atoms with van der Waals surface area (Å²) in [6.07, 6.45) is 0. The van der Waals surface area contributed by atoms with Crippen molar-refractivity contribution in [3.8, 4) is 27.9 Å². The van der Waals surface area contributed by atoms with E-state index in [9.17, 15) is 4.39 Å². The SMILES string of the molecule is Fc1ccc(N(c2ccc3cc(-c4ccc5c(c4)c4ccccc4n5-c4ccc5c(c4)C(c4ccccc4)(c4ccccc4)c4ccccc4-5)ccc3c2)c2cccc3ccccc23)cc1. The van der Waals surface area contributed by atoms with Crippen molar-refractivity contribution in [1.29, 1.82) is 0 Å². The summed E-state index contributed by atoms with van der Waals surface area (Å²) in [6, 6.07) is 88.7. The highest BCUT2D eigenvalue weighted by Gasteiger charge is 2.46. The lowest BCUT2D eigenvalue weighted by atomic mass is 9.67. The van der Waals surface area contributed by atoms with Crippen LogP contribution in [0.25, 0.3) is 71.3 Å². The number of anilines is 3. The van der Waals surface area contributed by atoms with Crippen LogP contribution in [0.15, 0.2) is 249 Å². The van der Waals surface area contributed by atoms with E-state index < -0.39 is 5.41 Å². The molecule has 13 rings (SSSR count). The Morgan fingerprint density at radius 1 is 0.364 bits per heavy atom. The van der Waals surface area contributed by atoms with Crippen LogP contribution in [0.5, 0.6) is 0 Å². The van der Waals surface area contributed by atoms with Gasteiger partial charge in [-0.15, -0.1) is 0 Å². The molecule has 0 amide bonds. The van der Waals surface area contributed by atoms with Crippen LogP contribution in [0.2, 0.25) is 0 Å². The normalized spacial score (nSPS) is 12.7. The first-order chi connectivity index (χ1) is 32.6. The summed E-state index contributed by atoms with van der Waals surface area (Å²) in [5.74, 6) is -0.256. The van der Waals surface area contributed by atoms with Crippen molar-refractivity contribution in [1.82, 2.24) is 4.57 Å². The van der Waals surface area contributed by atoms with E-state index in [0.717, 1.165) is 55.4 Å². The van der Waals surface area contributed by atoms with E-state index in [-0.39, 0.29) is 5.82 Å². The Balaban J connectivity index is 0.930. The maximum atomic E-state index is 14.2. The van der Waals surface area contributed by atoms with Gasteiger partial charge >= 0.3 is 0 Å². The number of aromatic nitrogens is 1. The van der Waals surface area contributed by atoms with Gasteiger partial charge in [-0.2, -0.15) is 0 Å². The first kappa shape index (κ1) is 38.0. The van der Waals surface area contributed by atoms with Crippen LogP contribution in [-0.2, 0) is 5.41 Å². The highest BCUT2D eigenvalue weighted by atomic mass is 19.1. The molecule has 0 saturated carbocycles. The number of hydrogen-bond acceptors (Lipinski definition) is 1. The molecule has 1 aromatic heterocycles. The molecule has 0 aliphatic heterocycles. The summed E-state index contributed by atoms with van der Waals surface area (Å²) in [6.45, 7) is 0. The van der Waals surface area contributed by atoms with Crippen LogP contribution in [0, 0.1) is 5.82 Å². The molecule has 12 aromatic rings. The molecule has 0 unspecified atom stereocenters. The molecule has 66 heavy (non-hydrogen) atoms. The van der Waals surface area contributed by atoms with Crippen LogP contribution >= 0.6 is 0 Å². The molecule has 2 nitrogen and oxygen atoms in total. The van der Waals surface area contributed by atoms with E-state index in [1.807, 2.05) is 12.1 Å². The predicted molar refractivity (Wildman–Crippen MR) is 273 cm³/mol. The Hall–Kier alpha value is -8.53. The average Bonchev–Trinajstić information content (AvgIpc) is 3.87. The van der Waals surface area contributed by atoms with E-state index >= 15 is 0 Å². The summed E-state index contributed by atoms with van der Waals surface area (Å²) in [5, 5.41) is 6.99. The van der Waals surface area contributed by atoms with Crippen molar-refractivity contribution < 1.29 is 4.39 Å². The predicted octanol–water partition coefficient (Wildman–Crippen LogP) is 16.7. The third kappa shape index (κ3) is 5.80. The van der Waals surface area contributed by atoms with E-state index in [1.54, 1.807) is 0 Å². The lowest BCUT2D eigenvalue weighted by molar-refractivity contribution is 0.628. The molecule has 0 spiro atoms. The molecular formula is C63H41FN2. The monoisotopic (exact) mass is 844 g/mol. The molecule has 0 fully saturated rings. The number of hydrogen-bond donors (Lipinski definition) is 0. The van der Waals surface area contributed by atoms with Crippen molar-refractivity contribution in [3.05, 3.63) is 277 Å². The lowest BCUT2D eigenvalue weighted by Crippen LogP contribution is -2.28. The van der Waals surface area contributed by atoms with Crippen molar-refractivity contribution >= 4 is 60.4 Å². The Morgan fingerprint density at radius 3 is 1.79 bits per heavy atom. The fraction of sp³-hybridized carbons (Fsp3) is 0.0159. The second kappa shape index (κ2) is 15.0. The van der Waals surface area contributed by atoms with Crippen molar-refractivity contribution in [2.45, 2.75) is 5.41 Å². The van der Waals surface area contributed by atoms with Crippen molar-refractivity contribution in [2.75, 3.05) is 4.90 Å². The number of rotatable bonds is 7. The van der Waals surface area contributed by atoms with Gasteiger partial charge in [-0.3, -0.25) is 0 Å². The summed E-state index contributed by atoms with van der Waals surface area (Å²) >= 11 is 0. The first-order valence-corrected chi connectivity index (χ1v) is 22.6. The quantitative estimate of drug-likeness (QED) is 0.155. The minimum absolute atomic E-state index is 0.256. The number of nitrogens with zero attached hydrogens (tertiary/aromatic N) is 2. The molecule has 0 N–H and O–H groups in total. The van der Waals surface area contributed by atoms with Gasteiger partial charge in [0, 0.05) is 33.2 Å². The van der Waals surface area contributed by atoms with Gasteiger partial charge in [-0.05, 0) is 140 Å². The standard InChI is InChI=1S/C63H41FN2/c64-49-30-33-50(34-31-49)65(60-25-13-15-42-14-7-8-20-53(42)60)51-32-28-44-38-43(26-27-45(44)39-51)46-29-37-62-57(40-46)56-22-10-12-24-61(56)66(62)52-35-36-55-54-21-9-11-23-58(54)63(59(55)41-52,47-16-3-1-4-17-47)48-18-5-2-6-19-48/h1-41H. The molecule has 310 valence electrons. The van der Waals surface area contributed by atoms with Gasteiger partial charge in [0.1, 0.15) is 5.82 Å². The average molecular weight is 845 g/mol. The summed E-state index contributed by atoms with van der Waals surface area (Å²) < 4.78 is 16.7. The van der Waals surface area contributed by atoms with Gasteiger partial charge in [0.05, 0.1) is 22.1 Å². The molecule has 0 atom stereocenters. The fourth-order valence-corrected chi connectivity index (χ4v) is 11.0. The molecule has 0 bridgehead atoms. The van der Waals surface area contributed by atoms with Gasteiger partial charge < -0.3 is 9.47 Å². The second-order valence-corrected chi connectivity index (χ2v) is 17.4. The van der Waals surface area contributed by atoms with Gasteiger partial charge in [0.2, 0.25) is 0 Å². The van der Waals surface area contributed by atoms with E-state index in [4.69, 9.17) is 0 Å². The van der Waals surface area contributed by atoms with Crippen LogP contribution < -0.4 is 4.90 Å². The third-order valence-corrected chi connectivity index (χ3v) is 13.9.